The van der Waals surface area contributed by atoms with Crippen molar-refractivity contribution in [3.8, 4) is 5.75 Å². The van der Waals surface area contributed by atoms with Crippen LogP contribution in [0.15, 0.2) is 24.3 Å². The van der Waals surface area contributed by atoms with Gasteiger partial charge in [-0.25, -0.2) is 0 Å². The summed E-state index contributed by atoms with van der Waals surface area (Å²) >= 11 is 0. The Morgan fingerprint density at radius 1 is 1.43 bits per heavy atom. The molecule has 1 aromatic carbocycles. The van der Waals surface area contributed by atoms with Crippen molar-refractivity contribution in [1.82, 2.24) is 10.2 Å². The van der Waals surface area contributed by atoms with Crippen molar-refractivity contribution in [2.75, 3.05) is 26.7 Å². The lowest BCUT2D eigenvalue weighted by Crippen LogP contribution is -2.40. The Kier molecular flexibility index (Phi) is 6.05. The van der Waals surface area contributed by atoms with Crippen LogP contribution < -0.4 is 10.1 Å². The number of aryl methyl sites for hydroxylation is 1. The first-order chi connectivity index (χ1) is 10.2. The van der Waals surface area contributed by atoms with Crippen LogP contribution in [0.3, 0.4) is 0 Å². The molecule has 4 heteroatoms. The topological polar surface area (TPSA) is 41.6 Å². The maximum absolute atomic E-state index is 12.3. The molecule has 0 unspecified atom stereocenters. The number of rotatable bonds is 7. The van der Waals surface area contributed by atoms with E-state index in [2.05, 4.69) is 5.32 Å². The molecular weight excluding hydrogens is 264 g/mol. The van der Waals surface area contributed by atoms with Crippen LogP contribution in [0.5, 0.6) is 5.75 Å². The van der Waals surface area contributed by atoms with Crippen LogP contribution in [0.2, 0.25) is 0 Å². The second-order valence-corrected chi connectivity index (χ2v) is 5.66. The lowest BCUT2D eigenvalue weighted by atomic mass is 10.2. The molecule has 0 bridgehead atoms. The molecule has 1 heterocycles. The third-order valence-electron chi connectivity index (χ3n) is 4.02. The molecule has 1 N–H and O–H groups in total. The van der Waals surface area contributed by atoms with Gasteiger partial charge in [0.05, 0.1) is 6.61 Å². The van der Waals surface area contributed by atoms with Crippen molar-refractivity contribution in [3.05, 3.63) is 29.8 Å². The van der Waals surface area contributed by atoms with Gasteiger partial charge in [0.1, 0.15) is 5.75 Å². The molecule has 1 fully saturated rings. The fourth-order valence-electron chi connectivity index (χ4n) is 2.88. The van der Waals surface area contributed by atoms with E-state index in [-0.39, 0.29) is 5.91 Å². The van der Waals surface area contributed by atoms with Crippen LogP contribution >= 0.6 is 0 Å². The van der Waals surface area contributed by atoms with E-state index in [9.17, 15) is 4.79 Å². The monoisotopic (exact) mass is 290 g/mol. The molecule has 0 spiro atoms. The minimum Gasteiger partial charge on any atom is -0.493 e. The van der Waals surface area contributed by atoms with Gasteiger partial charge in [0.2, 0.25) is 5.91 Å². The maximum atomic E-state index is 12.3. The third kappa shape index (κ3) is 4.46. The van der Waals surface area contributed by atoms with Gasteiger partial charge < -0.3 is 15.0 Å². The number of likely N-dealkylation sites (tertiary alicyclic amines) is 1. The highest BCUT2D eigenvalue weighted by atomic mass is 16.5. The van der Waals surface area contributed by atoms with E-state index >= 15 is 0 Å². The fraction of sp³-hybridized carbons (Fsp3) is 0.588. The Hall–Kier alpha value is -1.55. The second kappa shape index (κ2) is 8.03. The summed E-state index contributed by atoms with van der Waals surface area (Å²) in [6.07, 6.45) is 3.59. The summed E-state index contributed by atoms with van der Waals surface area (Å²) in [5.41, 5.74) is 1.14. The number of likely N-dealkylation sites (N-methyl/N-ethyl adjacent to an activating group) is 1. The molecule has 1 saturated heterocycles. The van der Waals surface area contributed by atoms with Gasteiger partial charge in [-0.15, -0.1) is 0 Å². The Morgan fingerprint density at radius 2 is 2.24 bits per heavy atom. The molecule has 0 aliphatic carbocycles. The predicted molar refractivity (Wildman–Crippen MR) is 84.6 cm³/mol. The van der Waals surface area contributed by atoms with Crippen LogP contribution in [-0.2, 0) is 4.79 Å². The predicted octanol–water partition coefficient (Wildman–Crippen LogP) is 2.36. The van der Waals surface area contributed by atoms with Gasteiger partial charge in [0.15, 0.2) is 0 Å². The van der Waals surface area contributed by atoms with Crippen molar-refractivity contribution >= 4 is 5.91 Å². The lowest BCUT2D eigenvalue weighted by Gasteiger charge is -2.24. The number of amides is 1. The average molecular weight is 290 g/mol. The zero-order valence-corrected chi connectivity index (χ0v) is 13.1. The van der Waals surface area contributed by atoms with Crippen molar-refractivity contribution in [2.24, 2.45) is 0 Å². The molecule has 2 rings (SSSR count). The first-order valence-corrected chi connectivity index (χ1v) is 7.85. The molecule has 1 aliphatic heterocycles. The lowest BCUT2D eigenvalue weighted by molar-refractivity contribution is -0.132. The molecular formula is C17H26N2O2. The van der Waals surface area contributed by atoms with E-state index in [1.807, 2.05) is 43.1 Å². The van der Waals surface area contributed by atoms with E-state index in [1.54, 1.807) is 0 Å². The molecule has 1 aliphatic rings. The van der Waals surface area contributed by atoms with Crippen LogP contribution in [0.4, 0.5) is 0 Å². The summed E-state index contributed by atoms with van der Waals surface area (Å²) in [6, 6.07) is 8.36. The van der Waals surface area contributed by atoms with Gasteiger partial charge in [-0.05, 0) is 44.9 Å². The summed E-state index contributed by atoms with van der Waals surface area (Å²) < 4.78 is 5.74. The summed E-state index contributed by atoms with van der Waals surface area (Å²) in [5.74, 6) is 1.18. The molecule has 4 nitrogen and oxygen atoms in total. The van der Waals surface area contributed by atoms with Crippen LogP contribution in [0, 0.1) is 6.92 Å². The minimum atomic E-state index is 0.265. The Labute approximate surface area is 127 Å². The second-order valence-electron chi connectivity index (χ2n) is 5.66. The van der Waals surface area contributed by atoms with Gasteiger partial charge in [-0.1, -0.05) is 18.2 Å². The molecule has 0 saturated carbocycles. The van der Waals surface area contributed by atoms with Gasteiger partial charge in [-0.2, -0.15) is 0 Å². The quantitative estimate of drug-likeness (QED) is 0.784. The number of para-hydroxylation sites is 1. The van der Waals surface area contributed by atoms with E-state index in [0.29, 0.717) is 19.1 Å². The maximum Gasteiger partial charge on any atom is 0.222 e. The molecule has 1 atom stereocenters. The number of nitrogens with one attached hydrogen (secondary N) is 1. The van der Waals surface area contributed by atoms with Crippen LogP contribution in [0.1, 0.15) is 31.2 Å². The van der Waals surface area contributed by atoms with Crippen molar-refractivity contribution < 1.29 is 9.53 Å². The minimum absolute atomic E-state index is 0.265. The average Bonchev–Trinajstić information content (AvgIpc) is 2.94. The number of carbonyl (C=O) groups is 1. The van der Waals surface area contributed by atoms with Crippen LogP contribution in [-0.4, -0.2) is 43.6 Å². The zero-order chi connectivity index (χ0) is 15.1. The van der Waals surface area contributed by atoms with Gasteiger partial charge >= 0.3 is 0 Å². The number of hydrogen-bond acceptors (Lipinski definition) is 3. The van der Waals surface area contributed by atoms with Gasteiger partial charge in [-0.3, -0.25) is 4.79 Å². The first kappa shape index (κ1) is 15.8. The number of nitrogens with zero attached hydrogens (tertiary/aromatic N) is 1. The van der Waals surface area contributed by atoms with E-state index < -0.39 is 0 Å². The summed E-state index contributed by atoms with van der Waals surface area (Å²) in [5, 5.41) is 3.17. The molecule has 0 aromatic heterocycles. The summed E-state index contributed by atoms with van der Waals surface area (Å²) in [4.78, 5) is 14.3. The molecule has 21 heavy (non-hydrogen) atoms. The highest BCUT2D eigenvalue weighted by Gasteiger charge is 2.27. The number of ether oxygens (including phenoxy) is 1. The highest BCUT2D eigenvalue weighted by Crippen LogP contribution is 2.19. The third-order valence-corrected chi connectivity index (χ3v) is 4.02. The Bertz CT molecular complexity index is 462. The van der Waals surface area contributed by atoms with Crippen molar-refractivity contribution in [3.63, 3.8) is 0 Å². The van der Waals surface area contributed by atoms with Crippen molar-refractivity contribution in [1.29, 1.82) is 0 Å². The number of carbonyl (C=O) groups excluding carboxylic acids is 1. The Balaban J connectivity index is 1.71. The normalized spacial score (nSPS) is 18.0. The SMILES string of the molecule is CNC[C@@H]1CCCN1C(=O)CCCOc1ccccc1C. The van der Waals surface area contributed by atoms with E-state index in [1.165, 1.54) is 0 Å². The smallest absolute Gasteiger partial charge is 0.222 e. The van der Waals surface area contributed by atoms with Crippen molar-refractivity contribution in [2.45, 2.75) is 38.6 Å². The summed E-state index contributed by atoms with van der Waals surface area (Å²) in [7, 11) is 1.94. The molecule has 0 radical (unpaired) electrons. The van der Waals surface area contributed by atoms with Gasteiger partial charge in [0, 0.05) is 25.6 Å². The molecule has 1 aromatic rings. The fourth-order valence-corrected chi connectivity index (χ4v) is 2.88. The summed E-state index contributed by atoms with van der Waals surface area (Å²) in [6.45, 7) is 4.43. The van der Waals surface area contributed by atoms with Gasteiger partial charge in [0.25, 0.3) is 0 Å². The van der Waals surface area contributed by atoms with E-state index in [0.717, 1.165) is 43.7 Å². The largest absolute Gasteiger partial charge is 0.493 e. The standard InChI is InChI=1S/C17H26N2O2/c1-14-7-3-4-9-16(14)21-12-6-10-17(20)19-11-5-8-15(19)13-18-2/h3-4,7,9,15,18H,5-6,8,10-13H2,1-2H3/t15-/m0/s1. The molecule has 116 valence electrons. The molecule has 1 amide bonds. The van der Waals surface area contributed by atoms with E-state index in [4.69, 9.17) is 4.74 Å². The zero-order valence-electron chi connectivity index (χ0n) is 13.1. The van der Waals surface area contributed by atoms with Crippen LogP contribution in [0.25, 0.3) is 0 Å². The number of benzene rings is 1. The highest BCUT2D eigenvalue weighted by molar-refractivity contribution is 5.76. The first-order valence-electron chi connectivity index (χ1n) is 7.85. The Morgan fingerprint density at radius 3 is 3.00 bits per heavy atom. The number of hydrogen-bond donors (Lipinski definition) is 1.